The van der Waals surface area contributed by atoms with Crippen molar-refractivity contribution in [2.75, 3.05) is 45.3 Å². The lowest BCUT2D eigenvalue weighted by Crippen LogP contribution is -2.48. The third-order valence-corrected chi connectivity index (χ3v) is 6.15. The number of carbonyl (C=O) groups is 1. The number of ether oxygens (including phenoxy) is 2. The molecule has 28 heavy (non-hydrogen) atoms. The number of hydrogen-bond donors (Lipinski definition) is 0. The summed E-state index contributed by atoms with van der Waals surface area (Å²) in [7, 11) is 3.12. The van der Waals surface area contributed by atoms with Crippen molar-refractivity contribution in [2.45, 2.75) is 0 Å². The molecule has 3 aromatic rings. The number of halogens is 1. The second-order valence-electron chi connectivity index (χ2n) is 6.55. The minimum Gasteiger partial charge on any atom is -0.497 e. The van der Waals surface area contributed by atoms with Gasteiger partial charge in [-0.2, -0.15) is 0 Å². The van der Waals surface area contributed by atoms with Crippen LogP contribution in [-0.2, 0) is 0 Å². The molecule has 2 heterocycles. The minimum absolute atomic E-state index is 0.105. The molecule has 4 rings (SSSR count). The zero-order valence-electron chi connectivity index (χ0n) is 15.8. The van der Waals surface area contributed by atoms with Gasteiger partial charge >= 0.3 is 0 Å². The van der Waals surface area contributed by atoms with Crippen LogP contribution in [0.3, 0.4) is 0 Å². The molecule has 0 radical (unpaired) electrons. The number of methoxy groups -OCH3 is 2. The highest BCUT2D eigenvalue weighted by Gasteiger charge is 2.28. The van der Waals surface area contributed by atoms with E-state index in [1.807, 2.05) is 35.2 Å². The molecule has 0 bridgehead atoms. The highest BCUT2D eigenvalue weighted by atomic mass is 32.1. The summed E-state index contributed by atoms with van der Waals surface area (Å²) in [6.45, 7) is 2.68. The largest absolute Gasteiger partial charge is 0.497 e. The van der Waals surface area contributed by atoms with Crippen LogP contribution >= 0.6 is 11.3 Å². The Hall–Kier alpha value is -2.80. The van der Waals surface area contributed by atoms with Gasteiger partial charge in [0.05, 0.1) is 19.6 Å². The molecule has 2 aromatic carbocycles. The molecule has 1 amide bonds. The second kappa shape index (κ2) is 7.67. The van der Waals surface area contributed by atoms with Gasteiger partial charge in [0.25, 0.3) is 5.91 Å². The maximum Gasteiger partial charge on any atom is 0.267 e. The first kappa shape index (κ1) is 18.6. The number of anilines is 1. The summed E-state index contributed by atoms with van der Waals surface area (Å²) in [6.07, 6.45) is 0. The van der Waals surface area contributed by atoms with E-state index < -0.39 is 0 Å². The van der Waals surface area contributed by atoms with Crippen LogP contribution in [0.25, 0.3) is 10.1 Å². The molecule has 0 saturated carbocycles. The van der Waals surface area contributed by atoms with Crippen molar-refractivity contribution in [3.8, 4) is 11.5 Å². The summed E-state index contributed by atoms with van der Waals surface area (Å²) >= 11 is 1.28. The Morgan fingerprint density at radius 1 is 1.00 bits per heavy atom. The minimum atomic E-state index is -0.367. The van der Waals surface area contributed by atoms with Gasteiger partial charge in [-0.3, -0.25) is 4.79 Å². The van der Waals surface area contributed by atoms with Crippen LogP contribution < -0.4 is 14.4 Å². The summed E-state index contributed by atoms with van der Waals surface area (Å²) in [4.78, 5) is 17.6. The smallest absolute Gasteiger partial charge is 0.267 e. The van der Waals surface area contributed by atoms with E-state index in [4.69, 9.17) is 9.47 Å². The number of hydrogen-bond acceptors (Lipinski definition) is 5. The fourth-order valence-electron chi connectivity index (χ4n) is 3.52. The Labute approximate surface area is 166 Å². The first-order valence-electron chi connectivity index (χ1n) is 9.05. The molecule has 0 N–H and O–H groups in total. The summed E-state index contributed by atoms with van der Waals surface area (Å²) in [5.41, 5.74) is 1.11. The van der Waals surface area contributed by atoms with E-state index in [1.165, 1.54) is 24.5 Å². The fraction of sp³-hybridized carbons (Fsp3) is 0.286. The summed E-state index contributed by atoms with van der Waals surface area (Å²) in [5.74, 6) is 0.683. The van der Waals surface area contributed by atoms with Gasteiger partial charge in [0, 0.05) is 36.6 Å². The van der Waals surface area contributed by atoms with Gasteiger partial charge in [0.2, 0.25) is 0 Å². The lowest BCUT2D eigenvalue weighted by Gasteiger charge is -2.36. The van der Waals surface area contributed by atoms with Gasteiger partial charge in [-0.25, -0.2) is 4.39 Å². The SMILES string of the molecule is COc1ccc(N2CCN(C(=O)c3sc4cccc(F)c4c3OC)CC2)cc1. The van der Waals surface area contributed by atoms with Gasteiger partial charge in [0.15, 0.2) is 5.75 Å². The fourth-order valence-corrected chi connectivity index (χ4v) is 4.67. The van der Waals surface area contributed by atoms with Crippen LogP contribution in [0.15, 0.2) is 42.5 Å². The van der Waals surface area contributed by atoms with E-state index in [2.05, 4.69) is 4.90 Å². The molecule has 0 unspecified atom stereocenters. The lowest BCUT2D eigenvalue weighted by atomic mass is 10.2. The van der Waals surface area contributed by atoms with E-state index in [0.29, 0.717) is 29.1 Å². The monoisotopic (exact) mass is 400 g/mol. The van der Waals surface area contributed by atoms with Crippen LogP contribution in [0.4, 0.5) is 10.1 Å². The highest BCUT2D eigenvalue weighted by molar-refractivity contribution is 7.21. The molecular formula is C21H21FN2O3S. The molecule has 1 aliphatic heterocycles. The van der Waals surface area contributed by atoms with Gasteiger partial charge in [0.1, 0.15) is 16.4 Å². The van der Waals surface area contributed by atoms with Gasteiger partial charge < -0.3 is 19.3 Å². The van der Waals surface area contributed by atoms with Crippen molar-refractivity contribution in [1.82, 2.24) is 4.90 Å². The number of thiophene rings is 1. The summed E-state index contributed by atoms with van der Waals surface area (Å²) < 4.78 is 25.6. The maximum absolute atomic E-state index is 14.2. The van der Waals surface area contributed by atoms with Crippen LogP contribution in [0.5, 0.6) is 11.5 Å². The quantitative estimate of drug-likeness (QED) is 0.663. The van der Waals surface area contributed by atoms with Crippen LogP contribution in [0.1, 0.15) is 9.67 Å². The lowest BCUT2D eigenvalue weighted by molar-refractivity contribution is 0.0749. The Balaban J connectivity index is 1.51. The average molecular weight is 400 g/mol. The van der Waals surface area contributed by atoms with E-state index in [0.717, 1.165) is 29.2 Å². The van der Waals surface area contributed by atoms with E-state index in [1.54, 1.807) is 13.2 Å². The maximum atomic E-state index is 14.2. The van der Waals surface area contributed by atoms with Crippen molar-refractivity contribution < 1.29 is 18.7 Å². The zero-order chi connectivity index (χ0) is 19.7. The normalized spacial score (nSPS) is 14.4. The molecule has 5 nitrogen and oxygen atoms in total. The first-order valence-corrected chi connectivity index (χ1v) is 9.87. The number of amides is 1. The molecule has 0 aliphatic carbocycles. The molecule has 7 heteroatoms. The van der Waals surface area contributed by atoms with Crippen molar-refractivity contribution in [1.29, 1.82) is 0 Å². The number of benzene rings is 2. The Bertz CT molecular complexity index is 995. The third-order valence-electron chi connectivity index (χ3n) is 5.02. The van der Waals surface area contributed by atoms with Crippen molar-refractivity contribution in [2.24, 2.45) is 0 Å². The van der Waals surface area contributed by atoms with Gasteiger partial charge in [-0.05, 0) is 36.4 Å². The molecule has 1 fully saturated rings. The van der Waals surface area contributed by atoms with Crippen LogP contribution in [-0.4, -0.2) is 51.2 Å². The molecular weight excluding hydrogens is 379 g/mol. The van der Waals surface area contributed by atoms with Gasteiger partial charge in [-0.1, -0.05) is 6.07 Å². The number of carbonyl (C=O) groups excluding carboxylic acids is 1. The van der Waals surface area contributed by atoms with Crippen molar-refractivity contribution in [3.05, 3.63) is 53.2 Å². The van der Waals surface area contributed by atoms with E-state index in [-0.39, 0.29) is 11.7 Å². The number of rotatable bonds is 4. The highest BCUT2D eigenvalue weighted by Crippen LogP contribution is 2.40. The molecule has 0 atom stereocenters. The number of nitrogens with zero attached hydrogens (tertiary/aromatic N) is 2. The van der Waals surface area contributed by atoms with Crippen LogP contribution in [0, 0.1) is 5.82 Å². The summed E-state index contributed by atoms with van der Waals surface area (Å²) in [6, 6.07) is 12.8. The Kier molecular flexibility index (Phi) is 5.09. The standard InChI is InChI=1S/C21H21FN2O3S/c1-26-15-8-6-14(7-9-15)23-10-12-24(13-11-23)21(25)20-19(27-2)18-16(22)4-3-5-17(18)28-20/h3-9H,10-13H2,1-2H3. The third kappa shape index (κ3) is 3.26. The van der Waals surface area contributed by atoms with E-state index in [9.17, 15) is 9.18 Å². The number of piperazine rings is 1. The number of fused-ring (bicyclic) bond motifs is 1. The molecule has 0 spiro atoms. The van der Waals surface area contributed by atoms with Crippen molar-refractivity contribution >= 4 is 33.0 Å². The topological polar surface area (TPSA) is 42.0 Å². The molecule has 146 valence electrons. The van der Waals surface area contributed by atoms with Crippen molar-refractivity contribution in [3.63, 3.8) is 0 Å². The van der Waals surface area contributed by atoms with Gasteiger partial charge in [-0.15, -0.1) is 11.3 Å². The second-order valence-corrected chi connectivity index (χ2v) is 7.61. The van der Waals surface area contributed by atoms with E-state index >= 15 is 0 Å². The molecule has 1 aliphatic rings. The first-order chi connectivity index (χ1) is 13.6. The predicted octanol–water partition coefficient (Wildman–Crippen LogP) is 4.02. The summed E-state index contributed by atoms with van der Waals surface area (Å²) in [5, 5.41) is 0.384. The Morgan fingerprint density at radius 2 is 1.71 bits per heavy atom. The zero-order valence-corrected chi connectivity index (χ0v) is 16.6. The molecule has 1 aromatic heterocycles. The Morgan fingerprint density at radius 3 is 2.36 bits per heavy atom. The average Bonchev–Trinajstić information content (AvgIpc) is 3.13. The predicted molar refractivity (Wildman–Crippen MR) is 109 cm³/mol. The van der Waals surface area contributed by atoms with Crippen LogP contribution in [0.2, 0.25) is 0 Å². The molecule has 1 saturated heterocycles.